The Balaban J connectivity index is 1.45. The average molecular weight is 703 g/mol. The first-order valence-corrected chi connectivity index (χ1v) is 17.6. The number of rotatable bonds is 11. The molecule has 0 atom stereocenters. The van der Waals surface area contributed by atoms with Gasteiger partial charge in [0.2, 0.25) is 5.91 Å². The van der Waals surface area contributed by atoms with Crippen molar-refractivity contribution < 1.29 is 33.4 Å². The van der Waals surface area contributed by atoms with E-state index in [1.54, 1.807) is 50.2 Å². The van der Waals surface area contributed by atoms with Crippen LogP contribution < -0.4 is 20.1 Å². The number of hydroxylamine groups is 2. The maximum absolute atomic E-state index is 13.7. The second kappa shape index (κ2) is 16.6. The quantitative estimate of drug-likeness (QED) is 0.188. The van der Waals surface area contributed by atoms with Crippen LogP contribution in [0.15, 0.2) is 48.7 Å². The number of nitrogens with zero attached hydrogens (tertiary/aromatic N) is 2. The molecule has 2 N–H and O–H groups in total. The molecular weight excluding hydrogens is 648 g/mol. The van der Waals surface area contributed by atoms with Crippen LogP contribution in [-0.4, -0.2) is 53.8 Å². The number of benzene rings is 2. The number of aromatic nitrogens is 1. The third-order valence-corrected chi connectivity index (χ3v) is 8.41. The maximum Gasteiger partial charge on any atom is 0.528 e. The minimum absolute atomic E-state index is 0.124. The molecule has 1 fully saturated rings. The lowest BCUT2D eigenvalue weighted by Crippen LogP contribution is -2.38. The SMILES string of the molecule is COc1c(NC(=O)CC(C)C)cc(C(C)(C)C)cc1NC(=O)c1ccc(C)c(Oc2ccnc(CC3CCN(OC(=O)OC(C)(C)C)CC3)c2)c1. The Morgan fingerprint density at radius 3 is 2.22 bits per heavy atom. The highest BCUT2D eigenvalue weighted by Crippen LogP contribution is 2.39. The van der Waals surface area contributed by atoms with Crippen molar-refractivity contribution in [2.24, 2.45) is 11.8 Å². The molecule has 1 saturated heterocycles. The number of piperidine rings is 1. The predicted octanol–water partition coefficient (Wildman–Crippen LogP) is 8.85. The normalized spacial score (nSPS) is 14.2. The molecule has 276 valence electrons. The van der Waals surface area contributed by atoms with Gasteiger partial charge in [0.25, 0.3) is 5.91 Å². The molecule has 0 bridgehead atoms. The van der Waals surface area contributed by atoms with Gasteiger partial charge in [0.05, 0.1) is 18.5 Å². The smallest absolute Gasteiger partial charge is 0.492 e. The van der Waals surface area contributed by atoms with E-state index in [-0.39, 0.29) is 23.1 Å². The lowest BCUT2D eigenvalue weighted by Gasteiger charge is -2.30. The number of amides is 2. The van der Waals surface area contributed by atoms with Crippen LogP contribution in [0.4, 0.5) is 16.2 Å². The zero-order chi connectivity index (χ0) is 37.5. The van der Waals surface area contributed by atoms with Crippen LogP contribution in [0, 0.1) is 18.8 Å². The summed E-state index contributed by atoms with van der Waals surface area (Å²) in [6.45, 7) is 18.8. The highest BCUT2D eigenvalue weighted by atomic mass is 16.8. The number of nitrogens with one attached hydrogen (secondary N) is 2. The fourth-order valence-corrected chi connectivity index (χ4v) is 5.72. The van der Waals surface area contributed by atoms with E-state index in [4.69, 9.17) is 19.0 Å². The standard InChI is InChI=1S/C40H54N4O7/c1-25(2)19-35(45)42-32-22-29(39(4,5)6)23-33(36(32)48-10)43-37(46)28-12-11-26(3)34(21-28)49-31-13-16-41-30(24-31)20-27-14-17-44(18-15-27)51-38(47)50-40(7,8)9/h11-13,16,21-25,27H,14-15,17-20H2,1-10H3,(H,42,45)(H,43,46). The summed E-state index contributed by atoms with van der Waals surface area (Å²) in [5.74, 6) is 1.63. The molecule has 1 aromatic heterocycles. The Hall–Kier alpha value is -4.64. The fourth-order valence-electron chi connectivity index (χ4n) is 5.72. The van der Waals surface area contributed by atoms with Crippen molar-refractivity contribution in [2.75, 3.05) is 30.8 Å². The molecule has 1 aliphatic rings. The highest BCUT2D eigenvalue weighted by Gasteiger charge is 2.26. The van der Waals surface area contributed by atoms with Gasteiger partial charge < -0.3 is 29.7 Å². The van der Waals surface area contributed by atoms with Crippen LogP contribution in [0.2, 0.25) is 0 Å². The van der Waals surface area contributed by atoms with Gasteiger partial charge in [-0.15, -0.1) is 5.06 Å². The number of carbonyl (C=O) groups excluding carboxylic acids is 3. The third-order valence-electron chi connectivity index (χ3n) is 8.41. The molecule has 0 unspecified atom stereocenters. The zero-order valence-electron chi connectivity index (χ0n) is 31.8. The van der Waals surface area contributed by atoms with Gasteiger partial charge >= 0.3 is 6.16 Å². The van der Waals surface area contributed by atoms with E-state index in [0.717, 1.165) is 36.1 Å². The number of pyridine rings is 1. The third kappa shape index (κ3) is 11.7. The molecule has 3 aromatic rings. The van der Waals surface area contributed by atoms with Crippen molar-refractivity contribution in [1.29, 1.82) is 0 Å². The number of methoxy groups -OCH3 is 1. The van der Waals surface area contributed by atoms with Gasteiger partial charge in [-0.3, -0.25) is 14.6 Å². The number of hydrogen-bond donors (Lipinski definition) is 2. The topological polar surface area (TPSA) is 128 Å². The van der Waals surface area contributed by atoms with Crippen LogP contribution >= 0.6 is 0 Å². The van der Waals surface area contributed by atoms with E-state index < -0.39 is 11.8 Å². The molecule has 2 heterocycles. The Labute approximate surface area is 302 Å². The van der Waals surface area contributed by atoms with Crippen molar-refractivity contribution in [3.8, 4) is 17.2 Å². The number of ether oxygens (including phenoxy) is 3. The summed E-state index contributed by atoms with van der Waals surface area (Å²) in [6, 6.07) is 12.8. The molecule has 11 heteroatoms. The van der Waals surface area contributed by atoms with Crippen LogP contribution in [0.1, 0.15) is 102 Å². The lowest BCUT2D eigenvalue weighted by atomic mass is 9.86. The molecule has 0 aliphatic carbocycles. The molecular formula is C40H54N4O7. The first kappa shape index (κ1) is 39.2. The molecule has 11 nitrogen and oxygen atoms in total. The number of anilines is 2. The predicted molar refractivity (Wildman–Crippen MR) is 199 cm³/mol. The lowest BCUT2D eigenvalue weighted by molar-refractivity contribution is -0.155. The monoisotopic (exact) mass is 702 g/mol. The summed E-state index contributed by atoms with van der Waals surface area (Å²) in [6.07, 6.45) is 3.86. The van der Waals surface area contributed by atoms with E-state index >= 15 is 0 Å². The van der Waals surface area contributed by atoms with Crippen molar-refractivity contribution in [3.05, 3.63) is 71.0 Å². The van der Waals surface area contributed by atoms with Gasteiger partial charge in [-0.1, -0.05) is 40.7 Å². The second-order valence-electron chi connectivity index (χ2n) is 15.7. The summed E-state index contributed by atoms with van der Waals surface area (Å²) in [4.78, 5) is 48.4. The Morgan fingerprint density at radius 2 is 1.61 bits per heavy atom. The van der Waals surface area contributed by atoms with Gasteiger partial charge in [0.15, 0.2) is 5.75 Å². The molecule has 2 amide bonds. The molecule has 1 aliphatic heterocycles. The molecule has 0 radical (unpaired) electrons. The van der Waals surface area contributed by atoms with Gasteiger partial charge in [-0.2, -0.15) is 0 Å². The van der Waals surface area contributed by atoms with Crippen LogP contribution in [0.3, 0.4) is 0 Å². The summed E-state index contributed by atoms with van der Waals surface area (Å²) in [5.41, 5.74) is 3.19. The Kier molecular flexibility index (Phi) is 12.7. The van der Waals surface area contributed by atoms with Gasteiger partial charge in [-0.25, -0.2) is 4.79 Å². The minimum Gasteiger partial charge on any atom is -0.492 e. The van der Waals surface area contributed by atoms with Gasteiger partial charge in [0, 0.05) is 43.0 Å². The largest absolute Gasteiger partial charge is 0.528 e. The molecule has 0 saturated carbocycles. The Morgan fingerprint density at radius 1 is 0.941 bits per heavy atom. The average Bonchev–Trinajstić information content (AvgIpc) is 3.01. The second-order valence-corrected chi connectivity index (χ2v) is 15.7. The summed E-state index contributed by atoms with van der Waals surface area (Å²) in [7, 11) is 1.52. The van der Waals surface area contributed by atoms with Gasteiger partial charge in [0.1, 0.15) is 17.1 Å². The summed E-state index contributed by atoms with van der Waals surface area (Å²) < 4.78 is 17.3. The molecule has 51 heavy (non-hydrogen) atoms. The summed E-state index contributed by atoms with van der Waals surface area (Å²) >= 11 is 0. The van der Waals surface area contributed by atoms with E-state index in [2.05, 4.69) is 36.4 Å². The van der Waals surface area contributed by atoms with Crippen molar-refractivity contribution in [1.82, 2.24) is 10.0 Å². The van der Waals surface area contributed by atoms with Gasteiger partial charge in [-0.05, 0) is 106 Å². The van der Waals surface area contributed by atoms with Crippen LogP contribution in [0.5, 0.6) is 17.2 Å². The van der Waals surface area contributed by atoms with Crippen LogP contribution in [-0.2, 0) is 26.2 Å². The fraction of sp³-hybridized carbons (Fsp3) is 0.500. The molecule has 4 rings (SSSR count). The molecule has 2 aromatic carbocycles. The van der Waals surface area contributed by atoms with E-state index in [1.165, 1.54) is 7.11 Å². The summed E-state index contributed by atoms with van der Waals surface area (Å²) in [5, 5.41) is 7.66. The van der Waals surface area contributed by atoms with E-state index in [1.807, 2.05) is 45.0 Å². The minimum atomic E-state index is -0.685. The van der Waals surface area contributed by atoms with E-state index in [9.17, 15) is 14.4 Å². The first-order chi connectivity index (χ1) is 23.9. The van der Waals surface area contributed by atoms with E-state index in [0.29, 0.717) is 59.6 Å². The zero-order valence-corrected chi connectivity index (χ0v) is 31.8. The first-order valence-electron chi connectivity index (χ1n) is 17.6. The number of carbonyl (C=O) groups is 3. The Bertz CT molecular complexity index is 1700. The molecule has 0 spiro atoms. The van der Waals surface area contributed by atoms with Crippen molar-refractivity contribution >= 4 is 29.3 Å². The highest BCUT2D eigenvalue weighted by molar-refractivity contribution is 6.06. The van der Waals surface area contributed by atoms with Crippen molar-refractivity contribution in [3.63, 3.8) is 0 Å². The number of aryl methyl sites for hydroxylation is 1. The maximum atomic E-state index is 13.7. The van der Waals surface area contributed by atoms with Crippen LogP contribution in [0.25, 0.3) is 0 Å². The number of hydrogen-bond acceptors (Lipinski definition) is 9. The van der Waals surface area contributed by atoms with Crippen molar-refractivity contribution in [2.45, 2.75) is 99.0 Å².